The lowest BCUT2D eigenvalue weighted by atomic mass is 9.93. The van der Waals surface area contributed by atoms with Gasteiger partial charge in [-0.15, -0.1) is 11.6 Å². The average Bonchev–Trinajstić information content (AvgIpc) is 2.48. The number of hydrogen-bond acceptors (Lipinski definition) is 1. The number of aryl methyl sites for hydroxylation is 1. The van der Waals surface area contributed by atoms with Crippen molar-refractivity contribution in [3.63, 3.8) is 0 Å². The molecule has 0 unspecified atom stereocenters. The standard InChI is InChI=1S/C21H35Cl.H3N/c1-4-5-6-7-8-9-10-11-12-13-16-19-17-14-15-18-20(19)21(2,3)22;/h14-15,17-18H,4-13,16H2,1-3H3;1H3. The summed E-state index contributed by atoms with van der Waals surface area (Å²) in [6.45, 7) is 6.46. The van der Waals surface area contributed by atoms with Crippen LogP contribution in [0, 0.1) is 0 Å². The highest BCUT2D eigenvalue weighted by Crippen LogP contribution is 2.31. The van der Waals surface area contributed by atoms with E-state index < -0.39 is 0 Å². The Morgan fingerprint density at radius 2 is 1.26 bits per heavy atom. The van der Waals surface area contributed by atoms with Crippen molar-refractivity contribution in [1.82, 2.24) is 6.15 Å². The van der Waals surface area contributed by atoms with E-state index in [1.165, 1.54) is 81.8 Å². The quantitative estimate of drug-likeness (QED) is 0.306. The molecular formula is C21H38ClN. The summed E-state index contributed by atoms with van der Waals surface area (Å²) in [5.41, 5.74) is 2.73. The van der Waals surface area contributed by atoms with Gasteiger partial charge in [0.05, 0.1) is 4.87 Å². The zero-order valence-corrected chi connectivity index (χ0v) is 16.4. The van der Waals surface area contributed by atoms with E-state index in [1.807, 2.05) is 0 Å². The van der Waals surface area contributed by atoms with Crippen molar-refractivity contribution in [2.75, 3.05) is 0 Å². The van der Waals surface area contributed by atoms with Gasteiger partial charge in [0.1, 0.15) is 0 Å². The number of halogens is 1. The van der Waals surface area contributed by atoms with Crippen LogP contribution in [0.4, 0.5) is 0 Å². The van der Waals surface area contributed by atoms with Gasteiger partial charge in [0, 0.05) is 0 Å². The normalized spacial score (nSPS) is 11.3. The molecule has 0 amide bonds. The summed E-state index contributed by atoms with van der Waals surface area (Å²) in [6.07, 6.45) is 15.1. The lowest BCUT2D eigenvalue weighted by Gasteiger charge is -2.20. The molecule has 134 valence electrons. The van der Waals surface area contributed by atoms with E-state index in [2.05, 4.69) is 45.0 Å². The molecule has 0 saturated carbocycles. The fourth-order valence-electron chi connectivity index (χ4n) is 3.12. The summed E-state index contributed by atoms with van der Waals surface area (Å²) in [6, 6.07) is 8.66. The molecule has 1 aromatic rings. The molecule has 0 spiro atoms. The van der Waals surface area contributed by atoms with Crippen LogP contribution in [0.2, 0.25) is 0 Å². The maximum Gasteiger partial charge on any atom is 0.0641 e. The minimum atomic E-state index is -0.255. The summed E-state index contributed by atoms with van der Waals surface area (Å²) in [5, 5.41) is 0. The predicted octanol–water partition coefficient (Wildman–Crippen LogP) is 7.79. The van der Waals surface area contributed by atoms with Crippen LogP contribution in [-0.4, -0.2) is 0 Å². The summed E-state index contributed by atoms with van der Waals surface area (Å²) in [4.78, 5) is -0.255. The molecule has 1 nitrogen and oxygen atoms in total. The SMILES string of the molecule is CCCCCCCCCCCCc1ccccc1C(C)(C)Cl.N. The monoisotopic (exact) mass is 339 g/mol. The highest BCUT2D eigenvalue weighted by Gasteiger charge is 2.19. The first-order valence-corrected chi connectivity index (χ1v) is 9.70. The fourth-order valence-corrected chi connectivity index (χ4v) is 3.31. The zero-order chi connectivity index (χ0) is 16.3. The van der Waals surface area contributed by atoms with Crippen LogP contribution >= 0.6 is 11.6 Å². The molecule has 0 aromatic heterocycles. The van der Waals surface area contributed by atoms with Gasteiger partial charge in [0.25, 0.3) is 0 Å². The van der Waals surface area contributed by atoms with Crippen molar-refractivity contribution in [1.29, 1.82) is 0 Å². The number of unbranched alkanes of at least 4 members (excludes halogenated alkanes) is 9. The summed E-state index contributed by atoms with van der Waals surface area (Å²) >= 11 is 6.50. The van der Waals surface area contributed by atoms with Crippen molar-refractivity contribution in [3.8, 4) is 0 Å². The second kappa shape index (κ2) is 12.8. The first-order valence-electron chi connectivity index (χ1n) is 9.33. The fraction of sp³-hybridized carbons (Fsp3) is 0.714. The van der Waals surface area contributed by atoms with Gasteiger partial charge in [-0.2, -0.15) is 0 Å². The molecule has 0 saturated heterocycles. The van der Waals surface area contributed by atoms with E-state index in [-0.39, 0.29) is 11.0 Å². The van der Waals surface area contributed by atoms with Gasteiger partial charge in [-0.1, -0.05) is 89.0 Å². The lowest BCUT2D eigenvalue weighted by molar-refractivity contribution is 0.555. The minimum Gasteiger partial charge on any atom is -0.344 e. The van der Waals surface area contributed by atoms with Crippen LogP contribution < -0.4 is 6.15 Å². The maximum absolute atomic E-state index is 6.50. The van der Waals surface area contributed by atoms with E-state index in [1.54, 1.807) is 0 Å². The third-order valence-electron chi connectivity index (χ3n) is 4.46. The molecule has 0 fully saturated rings. The summed E-state index contributed by atoms with van der Waals surface area (Å²) in [5.74, 6) is 0. The zero-order valence-electron chi connectivity index (χ0n) is 15.7. The first-order chi connectivity index (χ1) is 10.6. The topological polar surface area (TPSA) is 35.0 Å². The third kappa shape index (κ3) is 10.0. The van der Waals surface area contributed by atoms with E-state index in [9.17, 15) is 0 Å². The minimum absolute atomic E-state index is 0. The second-order valence-corrected chi connectivity index (χ2v) is 8.01. The van der Waals surface area contributed by atoms with E-state index in [0.717, 1.165) is 0 Å². The molecule has 0 radical (unpaired) electrons. The first kappa shape index (κ1) is 22.5. The molecule has 23 heavy (non-hydrogen) atoms. The molecule has 2 heteroatoms. The van der Waals surface area contributed by atoms with Gasteiger partial charge in [0.15, 0.2) is 0 Å². The maximum atomic E-state index is 6.50. The highest BCUT2D eigenvalue weighted by molar-refractivity contribution is 6.23. The Bertz CT molecular complexity index is 395. The summed E-state index contributed by atoms with van der Waals surface area (Å²) in [7, 11) is 0. The van der Waals surface area contributed by atoms with Gasteiger partial charge in [-0.05, 0) is 37.8 Å². The Morgan fingerprint density at radius 1 is 0.783 bits per heavy atom. The van der Waals surface area contributed by atoms with Crippen molar-refractivity contribution < 1.29 is 0 Å². The van der Waals surface area contributed by atoms with Crippen molar-refractivity contribution in [2.45, 2.75) is 96.3 Å². The van der Waals surface area contributed by atoms with Crippen molar-refractivity contribution in [3.05, 3.63) is 35.4 Å². The molecule has 1 aromatic carbocycles. The average molecular weight is 340 g/mol. The van der Waals surface area contributed by atoms with Crippen LogP contribution in [0.1, 0.15) is 96.1 Å². The van der Waals surface area contributed by atoms with Gasteiger partial charge < -0.3 is 6.15 Å². The summed E-state index contributed by atoms with van der Waals surface area (Å²) < 4.78 is 0. The van der Waals surface area contributed by atoms with E-state index in [4.69, 9.17) is 11.6 Å². The Kier molecular flexibility index (Phi) is 12.5. The van der Waals surface area contributed by atoms with E-state index in [0.29, 0.717) is 0 Å². The molecule has 1 rings (SSSR count). The van der Waals surface area contributed by atoms with Gasteiger partial charge in [-0.3, -0.25) is 0 Å². The molecule has 0 heterocycles. The molecule has 0 aliphatic carbocycles. The Labute approximate surface area is 149 Å². The Hall–Kier alpha value is -0.530. The molecule has 0 aliphatic heterocycles. The molecule has 0 aliphatic rings. The molecular weight excluding hydrogens is 302 g/mol. The van der Waals surface area contributed by atoms with E-state index >= 15 is 0 Å². The molecule has 0 atom stereocenters. The van der Waals surface area contributed by atoms with Crippen LogP contribution in [-0.2, 0) is 11.3 Å². The van der Waals surface area contributed by atoms with Gasteiger partial charge in [-0.25, -0.2) is 0 Å². The lowest BCUT2D eigenvalue weighted by Crippen LogP contribution is -2.10. The van der Waals surface area contributed by atoms with Crippen LogP contribution in [0.15, 0.2) is 24.3 Å². The van der Waals surface area contributed by atoms with Gasteiger partial charge in [0.2, 0.25) is 0 Å². The second-order valence-electron chi connectivity index (χ2n) is 7.06. The highest BCUT2D eigenvalue weighted by atomic mass is 35.5. The van der Waals surface area contributed by atoms with Crippen LogP contribution in [0.3, 0.4) is 0 Å². The third-order valence-corrected chi connectivity index (χ3v) is 4.66. The molecule has 0 bridgehead atoms. The van der Waals surface area contributed by atoms with Crippen LogP contribution in [0.25, 0.3) is 0 Å². The number of benzene rings is 1. The largest absolute Gasteiger partial charge is 0.344 e. The Morgan fingerprint density at radius 3 is 1.78 bits per heavy atom. The van der Waals surface area contributed by atoms with Gasteiger partial charge >= 0.3 is 0 Å². The Balaban J connectivity index is 0.00000484. The molecule has 3 N–H and O–H groups in total. The van der Waals surface area contributed by atoms with Crippen molar-refractivity contribution >= 4 is 11.6 Å². The predicted molar refractivity (Wildman–Crippen MR) is 106 cm³/mol. The number of alkyl halides is 1. The number of hydrogen-bond donors (Lipinski definition) is 1. The van der Waals surface area contributed by atoms with Crippen LogP contribution in [0.5, 0.6) is 0 Å². The number of rotatable bonds is 12. The smallest absolute Gasteiger partial charge is 0.0641 e. The van der Waals surface area contributed by atoms with Crippen molar-refractivity contribution in [2.24, 2.45) is 0 Å².